The van der Waals surface area contributed by atoms with Crippen LogP contribution in [-0.2, 0) is 5.41 Å². The SMILES string of the molecule is CC(C)(C)c1cncc(Nc2c(F)c(F)c(C(N)=O)c(F)c2F)c1. The second-order valence-corrected chi connectivity index (χ2v) is 6.21. The molecule has 8 heteroatoms. The molecule has 0 unspecified atom stereocenters. The molecular weight excluding hydrogens is 326 g/mol. The number of hydrogen-bond acceptors (Lipinski definition) is 3. The lowest BCUT2D eigenvalue weighted by molar-refractivity contribution is 0.0990. The van der Waals surface area contributed by atoms with Crippen LogP contribution < -0.4 is 11.1 Å². The summed E-state index contributed by atoms with van der Waals surface area (Å²) < 4.78 is 55.6. The van der Waals surface area contributed by atoms with Gasteiger partial charge < -0.3 is 11.1 Å². The Morgan fingerprint density at radius 2 is 1.58 bits per heavy atom. The van der Waals surface area contributed by atoms with E-state index in [0.29, 0.717) is 0 Å². The van der Waals surface area contributed by atoms with Gasteiger partial charge in [-0.2, -0.15) is 0 Å². The zero-order valence-electron chi connectivity index (χ0n) is 13.2. The normalized spacial score (nSPS) is 11.5. The average Bonchev–Trinajstić information content (AvgIpc) is 2.49. The summed E-state index contributed by atoms with van der Waals surface area (Å²) in [5, 5.41) is 2.26. The zero-order valence-corrected chi connectivity index (χ0v) is 13.2. The van der Waals surface area contributed by atoms with Crippen LogP contribution in [0.1, 0.15) is 36.7 Å². The molecule has 0 fully saturated rings. The molecule has 0 bridgehead atoms. The third kappa shape index (κ3) is 3.17. The largest absolute Gasteiger partial charge is 0.365 e. The fourth-order valence-corrected chi connectivity index (χ4v) is 2.02. The van der Waals surface area contributed by atoms with E-state index in [4.69, 9.17) is 5.73 Å². The van der Waals surface area contributed by atoms with Crippen LogP contribution in [0.5, 0.6) is 0 Å². The van der Waals surface area contributed by atoms with Gasteiger partial charge in [-0.25, -0.2) is 17.6 Å². The topological polar surface area (TPSA) is 68.0 Å². The molecule has 0 saturated heterocycles. The Hall–Kier alpha value is -2.64. The fourth-order valence-electron chi connectivity index (χ4n) is 2.02. The predicted molar refractivity (Wildman–Crippen MR) is 81.0 cm³/mol. The average molecular weight is 341 g/mol. The lowest BCUT2D eigenvalue weighted by Gasteiger charge is -2.19. The zero-order chi connectivity index (χ0) is 18.2. The number of pyridine rings is 1. The minimum absolute atomic E-state index is 0.130. The van der Waals surface area contributed by atoms with Crippen LogP contribution in [0.3, 0.4) is 0 Å². The predicted octanol–water partition coefficient (Wildman–Crippen LogP) is 3.78. The van der Waals surface area contributed by atoms with Crippen molar-refractivity contribution in [3.63, 3.8) is 0 Å². The van der Waals surface area contributed by atoms with Crippen LogP contribution in [0.2, 0.25) is 0 Å². The first-order valence-corrected chi connectivity index (χ1v) is 6.92. The standard InChI is InChI=1S/C16H15F4N3O/c1-16(2,3)7-4-8(6-22-5-7)23-14-12(19)10(17)9(15(21)24)11(18)13(14)20/h4-6,23H,1-3H3,(H2,21,24). The van der Waals surface area contributed by atoms with Crippen molar-refractivity contribution in [2.24, 2.45) is 5.73 Å². The van der Waals surface area contributed by atoms with Gasteiger partial charge in [0, 0.05) is 6.20 Å². The van der Waals surface area contributed by atoms with E-state index in [2.05, 4.69) is 10.3 Å². The van der Waals surface area contributed by atoms with Gasteiger partial charge in [0.15, 0.2) is 23.3 Å². The van der Waals surface area contributed by atoms with E-state index in [1.165, 1.54) is 6.20 Å². The number of rotatable bonds is 3. The number of aromatic nitrogens is 1. The maximum absolute atomic E-state index is 14.0. The minimum Gasteiger partial charge on any atom is -0.365 e. The number of nitrogens with zero attached hydrogens (tertiary/aromatic N) is 1. The Labute approximate surface area is 135 Å². The molecule has 1 aromatic carbocycles. The second kappa shape index (κ2) is 6.10. The smallest absolute Gasteiger partial charge is 0.254 e. The first kappa shape index (κ1) is 17.7. The van der Waals surface area contributed by atoms with Crippen LogP contribution in [0.4, 0.5) is 28.9 Å². The van der Waals surface area contributed by atoms with Gasteiger partial charge in [0.25, 0.3) is 5.91 Å². The highest BCUT2D eigenvalue weighted by atomic mass is 19.2. The number of primary amides is 1. The molecule has 24 heavy (non-hydrogen) atoms. The van der Waals surface area contributed by atoms with E-state index < -0.39 is 40.4 Å². The lowest BCUT2D eigenvalue weighted by atomic mass is 9.88. The lowest BCUT2D eigenvalue weighted by Crippen LogP contribution is -2.19. The van der Waals surface area contributed by atoms with Crippen LogP contribution in [0.15, 0.2) is 18.5 Å². The maximum Gasteiger partial charge on any atom is 0.254 e. The molecule has 4 nitrogen and oxygen atoms in total. The number of hydrogen-bond donors (Lipinski definition) is 2. The molecule has 0 aliphatic rings. The summed E-state index contributed by atoms with van der Waals surface area (Å²) in [6.45, 7) is 5.70. The molecular formula is C16H15F4N3O. The Morgan fingerprint density at radius 1 is 1.04 bits per heavy atom. The summed E-state index contributed by atoms with van der Waals surface area (Å²) in [4.78, 5) is 14.9. The first-order chi connectivity index (χ1) is 11.0. The van der Waals surface area contributed by atoms with Crippen LogP contribution in [-0.4, -0.2) is 10.9 Å². The van der Waals surface area contributed by atoms with Gasteiger partial charge in [-0.15, -0.1) is 0 Å². The summed E-state index contributed by atoms with van der Waals surface area (Å²) in [5.41, 5.74) is 2.78. The monoisotopic (exact) mass is 341 g/mol. The summed E-state index contributed by atoms with van der Waals surface area (Å²) in [6, 6.07) is 1.55. The number of anilines is 2. The highest BCUT2D eigenvalue weighted by Gasteiger charge is 2.28. The molecule has 0 atom stereocenters. The Kier molecular flexibility index (Phi) is 4.50. The van der Waals surface area contributed by atoms with E-state index in [-0.39, 0.29) is 11.1 Å². The summed E-state index contributed by atoms with van der Waals surface area (Å²) in [7, 11) is 0. The number of benzene rings is 1. The van der Waals surface area contributed by atoms with E-state index in [1.807, 2.05) is 20.8 Å². The number of carbonyl (C=O) groups is 1. The highest BCUT2D eigenvalue weighted by molar-refractivity contribution is 5.94. The Bertz CT molecular complexity index is 787. The van der Waals surface area contributed by atoms with E-state index in [1.54, 1.807) is 12.3 Å². The van der Waals surface area contributed by atoms with Crippen molar-refractivity contribution in [1.29, 1.82) is 0 Å². The molecule has 2 rings (SSSR count). The fraction of sp³-hybridized carbons (Fsp3) is 0.250. The quantitative estimate of drug-likeness (QED) is 0.659. The highest BCUT2D eigenvalue weighted by Crippen LogP contribution is 2.31. The third-order valence-electron chi connectivity index (χ3n) is 3.38. The number of halogens is 4. The third-order valence-corrected chi connectivity index (χ3v) is 3.38. The Balaban J connectivity index is 2.54. The van der Waals surface area contributed by atoms with Gasteiger partial charge in [0.1, 0.15) is 11.3 Å². The van der Waals surface area contributed by atoms with Gasteiger partial charge in [-0.05, 0) is 17.0 Å². The van der Waals surface area contributed by atoms with Gasteiger partial charge in [0.05, 0.1) is 11.9 Å². The van der Waals surface area contributed by atoms with Crippen molar-refractivity contribution in [2.75, 3.05) is 5.32 Å². The van der Waals surface area contributed by atoms with E-state index in [0.717, 1.165) is 5.56 Å². The molecule has 1 heterocycles. The van der Waals surface area contributed by atoms with Crippen molar-refractivity contribution in [3.8, 4) is 0 Å². The van der Waals surface area contributed by atoms with E-state index in [9.17, 15) is 22.4 Å². The molecule has 0 saturated carbocycles. The molecule has 0 radical (unpaired) electrons. The molecule has 2 aromatic rings. The van der Waals surface area contributed by atoms with Crippen molar-refractivity contribution >= 4 is 17.3 Å². The van der Waals surface area contributed by atoms with Gasteiger partial charge in [-0.1, -0.05) is 20.8 Å². The van der Waals surface area contributed by atoms with Crippen LogP contribution in [0, 0.1) is 23.3 Å². The minimum atomic E-state index is -1.86. The molecule has 1 amide bonds. The van der Waals surface area contributed by atoms with Crippen molar-refractivity contribution in [2.45, 2.75) is 26.2 Å². The van der Waals surface area contributed by atoms with Gasteiger partial charge >= 0.3 is 0 Å². The van der Waals surface area contributed by atoms with Crippen LogP contribution >= 0.6 is 0 Å². The van der Waals surface area contributed by atoms with E-state index >= 15 is 0 Å². The maximum atomic E-state index is 14.0. The van der Waals surface area contributed by atoms with Crippen molar-refractivity contribution in [3.05, 3.63) is 52.9 Å². The summed E-state index contributed by atoms with van der Waals surface area (Å²) >= 11 is 0. The van der Waals surface area contributed by atoms with Crippen LogP contribution in [0.25, 0.3) is 0 Å². The molecule has 3 N–H and O–H groups in total. The molecule has 0 aliphatic carbocycles. The Morgan fingerprint density at radius 3 is 2.04 bits per heavy atom. The number of amides is 1. The molecule has 128 valence electrons. The molecule has 1 aromatic heterocycles. The number of nitrogens with two attached hydrogens (primary N) is 1. The van der Waals surface area contributed by atoms with Crippen molar-refractivity contribution < 1.29 is 22.4 Å². The summed E-state index contributed by atoms with van der Waals surface area (Å²) in [5.74, 6) is -8.81. The number of carbonyl (C=O) groups excluding carboxylic acids is 1. The van der Waals surface area contributed by atoms with Crippen molar-refractivity contribution in [1.82, 2.24) is 4.98 Å². The molecule has 0 aliphatic heterocycles. The van der Waals surface area contributed by atoms with Gasteiger partial charge in [0.2, 0.25) is 0 Å². The van der Waals surface area contributed by atoms with Gasteiger partial charge in [-0.3, -0.25) is 9.78 Å². The number of nitrogens with one attached hydrogen (secondary N) is 1. The summed E-state index contributed by atoms with van der Waals surface area (Å²) in [6.07, 6.45) is 2.81. The first-order valence-electron chi connectivity index (χ1n) is 6.92. The second-order valence-electron chi connectivity index (χ2n) is 6.21. The molecule has 0 spiro atoms.